The van der Waals surface area contributed by atoms with Gasteiger partial charge in [-0.2, -0.15) is 0 Å². The summed E-state index contributed by atoms with van der Waals surface area (Å²) in [6.07, 6.45) is -0.673. The maximum atomic E-state index is 14.5. The van der Waals surface area contributed by atoms with E-state index >= 15 is 0 Å². The van der Waals surface area contributed by atoms with E-state index in [4.69, 9.17) is 14.6 Å². The van der Waals surface area contributed by atoms with E-state index in [1.54, 1.807) is 20.8 Å². The number of halogens is 1. The fraction of sp³-hybridized carbons (Fsp3) is 0.556. The number of anilines is 1. The van der Waals surface area contributed by atoms with Crippen molar-refractivity contribution in [2.75, 3.05) is 44.3 Å². The van der Waals surface area contributed by atoms with Gasteiger partial charge in [0.05, 0.1) is 24.5 Å². The van der Waals surface area contributed by atoms with E-state index < -0.39 is 23.5 Å². The SMILES string of the molecule is CC(C)(C)OC(=O)N(CCN1CCOCC1)c1ccc(C(=O)O)cc1F. The average molecular weight is 368 g/mol. The number of hydrogen-bond acceptors (Lipinski definition) is 5. The maximum absolute atomic E-state index is 14.5. The van der Waals surface area contributed by atoms with Crippen LogP contribution in [0.5, 0.6) is 0 Å². The molecule has 1 amide bonds. The van der Waals surface area contributed by atoms with E-state index in [1.807, 2.05) is 0 Å². The Balaban J connectivity index is 2.21. The first-order valence-electron chi connectivity index (χ1n) is 8.51. The first-order valence-corrected chi connectivity index (χ1v) is 8.51. The fourth-order valence-corrected chi connectivity index (χ4v) is 2.55. The Labute approximate surface area is 152 Å². The lowest BCUT2D eigenvalue weighted by Crippen LogP contribution is -2.45. The van der Waals surface area contributed by atoms with Gasteiger partial charge in [0, 0.05) is 26.2 Å². The smallest absolute Gasteiger partial charge is 0.414 e. The van der Waals surface area contributed by atoms with Crippen molar-refractivity contribution in [3.05, 3.63) is 29.6 Å². The predicted octanol–water partition coefficient (Wildman–Crippen LogP) is 2.60. The number of carboxylic acid groups (broad SMARTS) is 1. The zero-order valence-electron chi connectivity index (χ0n) is 15.3. The summed E-state index contributed by atoms with van der Waals surface area (Å²) in [6, 6.07) is 3.47. The lowest BCUT2D eigenvalue weighted by molar-refractivity contribution is 0.0375. The highest BCUT2D eigenvalue weighted by atomic mass is 19.1. The molecule has 0 aromatic heterocycles. The van der Waals surface area contributed by atoms with Crippen LogP contribution in [0.3, 0.4) is 0 Å². The van der Waals surface area contributed by atoms with Crippen LogP contribution in [0.4, 0.5) is 14.9 Å². The van der Waals surface area contributed by atoms with E-state index in [-0.39, 0.29) is 17.8 Å². The van der Waals surface area contributed by atoms with Gasteiger partial charge >= 0.3 is 12.1 Å². The molecule has 1 aromatic rings. The van der Waals surface area contributed by atoms with Crippen LogP contribution < -0.4 is 4.90 Å². The van der Waals surface area contributed by atoms with Crippen LogP contribution in [0.2, 0.25) is 0 Å². The first-order chi connectivity index (χ1) is 12.2. The Morgan fingerprint density at radius 3 is 2.50 bits per heavy atom. The van der Waals surface area contributed by atoms with Gasteiger partial charge in [0.1, 0.15) is 11.4 Å². The summed E-state index contributed by atoms with van der Waals surface area (Å²) in [7, 11) is 0. The highest BCUT2D eigenvalue weighted by Gasteiger charge is 2.26. The number of nitrogens with zero attached hydrogens (tertiary/aromatic N) is 2. The Bertz CT molecular complexity index is 653. The van der Waals surface area contributed by atoms with Gasteiger partial charge in [-0.25, -0.2) is 14.0 Å². The van der Waals surface area contributed by atoms with Crippen molar-refractivity contribution >= 4 is 17.7 Å². The number of carbonyl (C=O) groups excluding carboxylic acids is 1. The second-order valence-corrected chi connectivity index (χ2v) is 7.06. The van der Waals surface area contributed by atoms with Crippen molar-refractivity contribution in [2.45, 2.75) is 26.4 Å². The largest absolute Gasteiger partial charge is 0.478 e. The predicted molar refractivity (Wildman–Crippen MR) is 94.2 cm³/mol. The third-order valence-corrected chi connectivity index (χ3v) is 3.84. The Morgan fingerprint density at radius 1 is 1.31 bits per heavy atom. The standard InChI is InChI=1S/C18H25FN2O5/c1-18(2,3)26-17(24)21(7-6-20-8-10-25-11-9-20)15-5-4-13(16(22)23)12-14(15)19/h4-5,12H,6-11H2,1-3H3,(H,22,23). The molecule has 0 bridgehead atoms. The van der Waals surface area contributed by atoms with Gasteiger partial charge in [0.15, 0.2) is 0 Å². The molecule has 1 saturated heterocycles. The molecule has 1 aliphatic heterocycles. The number of amides is 1. The summed E-state index contributed by atoms with van der Waals surface area (Å²) in [5.41, 5.74) is -0.910. The third-order valence-electron chi connectivity index (χ3n) is 3.84. The van der Waals surface area contributed by atoms with E-state index in [0.29, 0.717) is 19.8 Å². The van der Waals surface area contributed by atoms with E-state index in [0.717, 1.165) is 19.2 Å². The Hall–Kier alpha value is -2.19. The van der Waals surface area contributed by atoms with Crippen molar-refractivity contribution < 1.29 is 28.6 Å². The molecular weight excluding hydrogens is 343 g/mol. The monoisotopic (exact) mass is 368 g/mol. The normalized spacial score (nSPS) is 15.5. The zero-order chi connectivity index (χ0) is 19.3. The van der Waals surface area contributed by atoms with Gasteiger partial charge in [0.25, 0.3) is 0 Å². The Kier molecular flexibility index (Phi) is 6.55. The minimum absolute atomic E-state index is 0.00231. The van der Waals surface area contributed by atoms with Gasteiger partial charge in [-0.15, -0.1) is 0 Å². The Morgan fingerprint density at radius 2 is 1.96 bits per heavy atom. The van der Waals surface area contributed by atoms with Crippen LogP contribution in [-0.4, -0.2) is 67.1 Å². The fourth-order valence-electron chi connectivity index (χ4n) is 2.55. The quantitative estimate of drug-likeness (QED) is 0.861. The maximum Gasteiger partial charge on any atom is 0.414 e. The minimum Gasteiger partial charge on any atom is -0.478 e. The van der Waals surface area contributed by atoms with Crippen molar-refractivity contribution in [2.24, 2.45) is 0 Å². The molecule has 2 rings (SSSR count). The molecule has 26 heavy (non-hydrogen) atoms. The molecule has 1 heterocycles. The van der Waals surface area contributed by atoms with Crippen molar-refractivity contribution in [1.82, 2.24) is 4.90 Å². The number of morpholine rings is 1. The molecule has 0 unspecified atom stereocenters. The minimum atomic E-state index is -1.23. The van der Waals surface area contributed by atoms with Gasteiger partial charge < -0.3 is 14.6 Å². The molecule has 1 N–H and O–H groups in total. The zero-order valence-corrected chi connectivity index (χ0v) is 15.3. The van der Waals surface area contributed by atoms with Gasteiger partial charge in [-0.05, 0) is 39.0 Å². The topological polar surface area (TPSA) is 79.3 Å². The van der Waals surface area contributed by atoms with Crippen molar-refractivity contribution in [3.8, 4) is 0 Å². The summed E-state index contributed by atoms with van der Waals surface area (Å²) >= 11 is 0. The molecule has 0 radical (unpaired) electrons. The van der Waals surface area contributed by atoms with Gasteiger partial charge in [-0.1, -0.05) is 0 Å². The van der Waals surface area contributed by atoms with Crippen LogP contribution in [0, 0.1) is 5.82 Å². The number of benzene rings is 1. The average Bonchev–Trinajstić information content (AvgIpc) is 2.55. The number of rotatable bonds is 5. The number of hydrogen-bond donors (Lipinski definition) is 1. The molecule has 7 nitrogen and oxygen atoms in total. The molecule has 0 aliphatic carbocycles. The van der Waals surface area contributed by atoms with Gasteiger partial charge in [-0.3, -0.25) is 9.80 Å². The second kappa shape index (κ2) is 8.46. The molecule has 1 aliphatic rings. The number of ether oxygens (including phenoxy) is 2. The van der Waals surface area contributed by atoms with E-state index in [9.17, 15) is 14.0 Å². The summed E-state index contributed by atoms with van der Waals surface area (Å²) < 4.78 is 25.2. The molecular formula is C18H25FN2O5. The number of carboxylic acids is 1. The van der Waals surface area contributed by atoms with Crippen LogP contribution in [0.25, 0.3) is 0 Å². The molecule has 8 heteroatoms. The summed E-state index contributed by atoms with van der Waals surface area (Å²) in [4.78, 5) is 26.9. The van der Waals surface area contributed by atoms with Crippen LogP contribution >= 0.6 is 0 Å². The summed E-state index contributed by atoms with van der Waals surface area (Å²) in [5, 5.41) is 8.98. The molecule has 0 saturated carbocycles. The lowest BCUT2D eigenvalue weighted by Gasteiger charge is -2.31. The summed E-state index contributed by atoms with van der Waals surface area (Å²) in [6.45, 7) is 8.66. The van der Waals surface area contributed by atoms with E-state index in [2.05, 4.69) is 4.90 Å². The number of aromatic carboxylic acids is 1. The third kappa shape index (κ3) is 5.67. The first kappa shape index (κ1) is 20.1. The van der Waals surface area contributed by atoms with Crippen molar-refractivity contribution in [1.29, 1.82) is 0 Å². The molecule has 1 aromatic carbocycles. The van der Waals surface area contributed by atoms with Crippen LogP contribution in [0.1, 0.15) is 31.1 Å². The van der Waals surface area contributed by atoms with Crippen molar-refractivity contribution in [3.63, 3.8) is 0 Å². The lowest BCUT2D eigenvalue weighted by atomic mass is 10.2. The highest BCUT2D eigenvalue weighted by molar-refractivity contribution is 5.91. The molecule has 0 spiro atoms. The van der Waals surface area contributed by atoms with Crippen LogP contribution in [0.15, 0.2) is 18.2 Å². The number of carbonyl (C=O) groups is 2. The highest BCUT2D eigenvalue weighted by Crippen LogP contribution is 2.23. The summed E-state index contributed by atoms with van der Waals surface area (Å²) in [5.74, 6) is -2.01. The van der Waals surface area contributed by atoms with E-state index in [1.165, 1.54) is 17.0 Å². The molecule has 0 atom stereocenters. The second-order valence-electron chi connectivity index (χ2n) is 7.06. The van der Waals surface area contributed by atoms with Gasteiger partial charge in [0.2, 0.25) is 0 Å². The van der Waals surface area contributed by atoms with Crippen LogP contribution in [-0.2, 0) is 9.47 Å². The molecule has 1 fully saturated rings. The molecule has 144 valence electrons.